The highest BCUT2D eigenvalue weighted by Crippen LogP contribution is 2.40. The van der Waals surface area contributed by atoms with Gasteiger partial charge in [-0.3, -0.25) is 9.48 Å². The molecular formula is C21H25FN2O. The fourth-order valence-corrected chi connectivity index (χ4v) is 4.50. The molecule has 1 saturated carbocycles. The molecule has 2 heterocycles. The summed E-state index contributed by atoms with van der Waals surface area (Å²) in [7, 11) is 0. The molecule has 25 heavy (non-hydrogen) atoms. The number of aryl methyl sites for hydroxylation is 1. The van der Waals surface area contributed by atoms with Crippen molar-refractivity contribution in [1.82, 2.24) is 9.78 Å². The quantitative estimate of drug-likeness (QED) is 0.741. The maximum atomic E-state index is 14.7. The number of nitrogens with zero attached hydrogens (tertiary/aromatic N) is 2. The van der Waals surface area contributed by atoms with E-state index in [2.05, 4.69) is 17.2 Å². The molecule has 1 aromatic carbocycles. The fraction of sp³-hybridized carbons (Fsp3) is 0.524. The van der Waals surface area contributed by atoms with E-state index in [4.69, 9.17) is 0 Å². The molecule has 3 atom stereocenters. The molecule has 1 fully saturated rings. The van der Waals surface area contributed by atoms with Crippen molar-refractivity contribution in [1.29, 1.82) is 0 Å². The molecule has 0 spiro atoms. The summed E-state index contributed by atoms with van der Waals surface area (Å²) in [6.45, 7) is 2.72. The highest BCUT2D eigenvalue weighted by atomic mass is 19.1. The number of carbonyl (C=O) groups excluding carboxylic acids is 1. The van der Waals surface area contributed by atoms with Crippen LogP contribution in [0.2, 0.25) is 0 Å². The Morgan fingerprint density at radius 1 is 1.32 bits per heavy atom. The zero-order valence-electron chi connectivity index (χ0n) is 14.7. The van der Waals surface area contributed by atoms with Gasteiger partial charge in [-0.2, -0.15) is 5.10 Å². The van der Waals surface area contributed by atoms with Gasteiger partial charge in [-0.15, -0.1) is 0 Å². The number of fused-ring (bicyclic) bond motifs is 1. The van der Waals surface area contributed by atoms with Gasteiger partial charge in [0.15, 0.2) is 5.78 Å². The molecule has 2 unspecified atom stereocenters. The summed E-state index contributed by atoms with van der Waals surface area (Å²) >= 11 is 0. The highest BCUT2D eigenvalue weighted by molar-refractivity contribution is 5.96. The van der Waals surface area contributed by atoms with Crippen LogP contribution in [0.15, 0.2) is 36.4 Å². The first-order valence-electron chi connectivity index (χ1n) is 9.45. The maximum absolute atomic E-state index is 14.7. The first-order chi connectivity index (χ1) is 12.1. The van der Waals surface area contributed by atoms with Gasteiger partial charge < -0.3 is 0 Å². The van der Waals surface area contributed by atoms with Crippen LogP contribution in [-0.4, -0.2) is 21.2 Å². The van der Waals surface area contributed by atoms with E-state index in [1.807, 2.05) is 35.9 Å². The second-order valence-electron chi connectivity index (χ2n) is 7.59. The van der Waals surface area contributed by atoms with Crippen molar-refractivity contribution in [2.24, 2.45) is 5.92 Å². The molecule has 132 valence electrons. The Labute approximate surface area is 148 Å². The normalized spacial score (nSPS) is 28.7. The smallest absolute Gasteiger partial charge is 0.186 e. The lowest BCUT2D eigenvalue weighted by atomic mass is 9.75. The third-order valence-corrected chi connectivity index (χ3v) is 6.05. The van der Waals surface area contributed by atoms with Gasteiger partial charge in [0.05, 0.1) is 0 Å². The molecule has 0 amide bonds. The second kappa shape index (κ2) is 6.40. The standard InChI is InChI=1S/C21H25FN2O/c1-2-21(22)11-6-9-16(14-21)20(25)18-13-19-17(10-12-24(19)23-18)15-7-4-3-5-8-15/h3-5,7-8,13,16-17H,2,6,9-12,14H2,1H3/t16?,17-,21?/m1/s1. The molecule has 4 heteroatoms. The van der Waals surface area contributed by atoms with Gasteiger partial charge in [-0.05, 0) is 50.2 Å². The number of hydrogen-bond donors (Lipinski definition) is 0. The molecule has 3 nitrogen and oxygen atoms in total. The summed E-state index contributed by atoms with van der Waals surface area (Å²) in [5.74, 6) is 0.117. The minimum absolute atomic E-state index is 0.0314. The van der Waals surface area contributed by atoms with Crippen LogP contribution in [0.3, 0.4) is 0 Å². The second-order valence-corrected chi connectivity index (χ2v) is 7.59. The lowest BCUT2D eigenvalue weighted by Crippen LogP contribution is -2.33. The van der Waals surface area contributed by atoms with Gasteiger partial charge in [0.1, 0.15) is 11.4 Å². The number of aromatic nitrogens is 2. The summed E-state index contributed by atoms with van der Waals surface area (Å²) in [6.07, 6.45) is 4.03. The van der Waals surface area contributed by atoms with Crippen LogP contribution in [0.5, 0.6) is 0 Å². The van der Waals surface area contributed by atoms with Crippen molar-refractivity contribution in [3.63, 3.8) is 0 Å². The van der Waals surface area contributed by atoms with E-state index in [0.717, 1.165) is 31.5 Å². The first kappa shape index (κ1) is 16.5. The summed E-state index contributed by atoms with van der Waals surface area (Å²) in [4.78, 5) is 12.9. The molecule has 2 aromatic rings. The van der Waals surface area contributed by atoms with Gasteiger partial charge in [0, 0.05) is 24.1 Å². The SMILES string of the molecule is CCC1(F)CCCC(C(=O)c2cc3n(n2)CC[C@@H]3c2ccccc2)C1. The van der Waals surface area contributed by atoms with Crippen LogP contribution in [0.25, 0.3) is 0 Å². The van der Waals surface area contributed by atoms with E-state index < -0.39 is 5.67 Å². The number of ketones is 1. The Hall–Kier alpha value is -1.97. The average Bonchev–Trinajstić information content (AvgIpc) is 3.22. The largest absolute Gasteiger partial charge is 0.292 e. The molecular weight excluding hydrogens is 315 g/mol. The Morgan fingerprint density at radius 3 is 2.88 bits per heavy atom. The van der Waals surface area contributed by atoms with E-state index in [-0.39, 0.29) is 11.7 Å². The molecule has 0 N–H and O–H groups in total. The zero-order chi connectivity index (χ0) is 17.4. The van der Waals surface area contributed by atoms with Crippen LogP contribution >= 0.6 is 0 Å². The third kappa shape index (κ3) is 3.03. The van der Waals surface area contributed by atoms with Crippen molar-refractivity contribution < 1.29 is 9.18 Å². The topological polar surface area (TPSA) is 34.9 Å². The minimum Gasteiger partial charge on any atom is -0.292 e. The van der Waals surface area contributed by atoms with E-state index in [1.165, 1.54) is 5.56 Å². The van der Waals surface area contributed by atoms with Crippen LogP contribution < -0.4 is 0 Å². The summed E-state index contributed by atoms with van der Waals surface area (Å²) < 4.78 is 16.7. The predicted octanol–water partition coefficient (Wildman–Crippen LogP) is 4.91. The summed E-state index contributed by atoms with van der Waals surface area (Å²) in [5, 5.41) is 4.56. The zero-order valence-corrected chi connectivity index (χ0v) is 14.7. The number of benzene rings is 1. The van der Waals surface area contributed by atoms with Gasteiger partial charge in [-0.1, -0.05) is 37.3 Å². The van der Waals surface area contributed by atoms with E-state index in [1.54, 1.807) is 0 Å². The van der Waals surface area contributed by atoms with E-state index in [0.29, 0.717) is 30.9 Å². The van der Waals surface area contributed by atoms with Crippen LogP contribution in [0.4, 0.5) is 4.39 Å². The number of hydrogen-bond acceptors (Lipinski definition) is 2. The lowest BCUT2D eigenvalue weighted by molar-refractivity contribution is 0.0561. The van der Waals surface area contributed by atoms with Crippen LogP contribution in [-0.2, 0) is 6.54 Å². The Morgan fingerprint density at radius 2 is 2.12 bits per heavy atom. The van der Waals surface area contributed by atoms with Crippen molar-refractivity contribution in [3.8, 4) is 0 Å². The van der Waals surface area contributed by atoms with Gasteiger partial charge >= 0.3 is 0 Å². The molecule has 2 aliphatic rings. The monoisotopic (exact) mass is 340 g/mol. The maximum Gasteiger partial charge on any atom is 0.186 e. The van der Waals surface area contributed by atoms with Crippen molar-refractivity contribution in [2.75, 3.05) is 0 Å². The number of carbonyl (C=O) groups is 1. The number of alkyl halides is 1. The average molecular weight is 340 g/mol. The van der Waals surface area contributed by atoms with Crippen molar-refractivity contribution in [3.05, 3.63) is 53.3 Å². The molecule has 1 aliphatic heterocycles. The van der Waals surface area contributed by atoms with Gasteiger partial charge in [0.2, 0.25) is 0 Å². The van der Waals surface area contributed by atoms with Gasteiger partial charge in [-0.25, -0.2) is 4.39 Å². The first-order valence-corrected chi connectivity index (χ1v) is 9.45. The fourth-order valence-electron chi connectivity index (χ4n) is 4.50. The molecule has 1 aliphatic carbocycles. The molecule has 4 rings (SSSR count). The summed E-state index contributed by atoms with van der Waals surface area (Å²) in [6, 6.07) is 12.3. The van der Waals surface area contributed by atoms with Crippen LogP contribution in [0, 0.1) is 5.92 Å². The molecule has 0 bridgehead atoms. The molecule has 1 aromatic heterocycles. The van der Waals surface area contributed by atoms with E-state index >= 15 is 0 Å². The lowest BCUT2D eigenvalue weighted by Gasteiger charge is -2.33. The van der Waals surface area contributed by atoms with Crippen molar-refractivity contribution >= 4 is 5.78 Å². The number of Topliss-reactive ketones (excluding diaryl/α,β-unsaturated/α-hetero) is 1. The predicted molar refractivity (Wildman–Crippen MR) is 95.5 cm³/mol. The third-order valence-electron chi connectivity index (χ3n) is 6.05. The highest BCUT2D eigenvalue weighted by Gasteiger charge is 2.39. The van der Waals surface area contributed by atoms with Gasteiger partial charge in [0.25, 0.3) is 0 Å². The summed E-state index contributed by atoms with van der Waals surface area (Å²) in [5.41, 5.74) is 1.74. The Balaban J connectivity index is 1.56. The molecule has 0 radical (unpaired) electrons. The van der Waals surface area contributed by atoms with E-state index in [9.17, 15) is 9.18 Å². The Bertz CT molecular complexity index is 769. The number of halogens is 1. The number of rotatable bonds is 4. The molecule has 0 saturated heterocycles. The van der Waals surface area contributed by atoms with Crippen LogP contribution in [0.1, 0.15) is 73.1 Å². The minimum atomic E-state index is -1.17. The van der Waals surface area contributed by atoms with Crippen molar-refractivity contribution in [2.45, 2.75) is 63.6 Å². The Kier molecular flexibility index (Phi) is 4.22.